The summed E-state index contributed by atoms with van der Waals surface area (Å²) in [6.07, 6.45) is 6.38. The van der Waals surface area contributed by atoms with Crippen molar-refractivity contribution in [3.63, 3.8) is 0 Å². The van der Waals surface area contributed by atoms with E-state index >= 15 is 0 Å². The Kier molecular flexibility index (Phi) is 5.43. The van der Waals surface area contributed by atoms with Gasteiger partial charge in [0.15, 0.2) is 0 Å². The molecule has 1 fully saturated rings. The van der Waals surface area contributed by atoms with Gasteiger partial charge in [-0.05, 0) is 44.4 Å². The van der Waals surface area contributed by atoms with Crippen LogP contribution in [-0.4, -0.2) is 12.1 Å². The molecular formula is C17H24N2O. The first kappa shape index (κ1) is 14.9. The van der Waals surface area contributed by atoms with E-state index in [1.165, 1.54) is 32.1 Å². The molecule has 1 saturated carbocycles. The number of nitrogens with zero attached hydrogens (tertiary/aromatic N) is 1. The maximum Gasteiger partial charge on any atom is 0.121 e. The number of benzene rings is 1. The largest absolute Gasteiger partial charge is 0.491 e. The maximum absolute atomic E-state index is 9.43. The van der Waals surface area contributed by atoms with E-state index in [1.54, 1.807) is 0 Å². The molecule has 1 atom stereocenters. The fourth-order valence-corrected chi connectivity index (χ4v) is 2.75. The summed E-state index contributed by atoms with van der Waals surface area (Å²) in [4.78, 5) is 0. The molecule has 3 heteroatoms. The first-order valence-electron chi connectivity index (χ1n) is 7.61. The van der Waals surface area contributed by atoms with Crippen LogP contribution in [0.3, 0.4) is 0 Å². The molecule has 3 nitrogen and oxygen atoms in total. The van der Waals surface area contributed by atoms with Crippen LogP contribution in [0.1, 0.15) is 57.6 Å². The molecule has 20 heavy (non-hydrogen) atoms. The average Bonchev–Trinajstić information content (AvgIpc) is 2.45. The van der Waals surface area contributed by atoms with Crippen molar-refractivity contribution in [3.05, 3.63) is 29.8 Å². The van der Waals surface area contributed by atoms with Crippen molar-refractivity contribution in [2.45, 2.75) is 64.1 Å². The number of ether oxygens (including phenoxy) is 1. The van der Waals surface area contributed by atoms with Crippen molar-refractivity contribution < 1.29 is 4.74 Å². The second-order valence-electron chi connectivity index (χ2n) is 5.80. The highest BCUT2D eigenvalue weighted by Crippen LogP contribution is 2.24. The highest BCUT2D eigenvalue weighted by molar-refractivity contribution is 5.33. The van der Waals surface area contributed by atoms with Crippen LogP contribution >= 0.6 is 0 Å². The van der Waals surface area contributed by atoms with Crippen molar-refractivity contribution in [1.82, 2.24) is 5.32 Å². The molecule has 0 heterocycles. The Morgan fingerprint density at radius 2 is 2.00 bits per heavy atom. The van der Waals surface area contributed by atoms with Crippen LogP contribution in [0.5, 0.6) is 5.75 Å². The summed E-state index contributed by atoms with van der Waals surface area (Å²) >= 11 is 0. The zero-order chi connectivity index (χ0) is 14.4. The lowest BCUT2D eigenvalue weighted by Gasteiger charge is -2.25. The van der Waals surface area contributed by atoms with Crippen LogP contribution in [0.2, 0.25) is 0 Å². The summed E-state index contributed by atoms with van der Waals surface area (Å²) in [7, 11) is 0. The Morgan fingerprint density at radius 3 is 2.65 bits per heavy atom. The Balaban J connectivity index is 2.04. The lowest BCUT2D eigenvalue weighted by Crippen LogP contribution is -2.33. The molecule has 1 aromatic carbocycles. The number of rotatable bonds is 5. The zero-order valence-corrected chi connectivity index (χ0v) is 12.4. The highest BCUT2D eigenvalue weighted by atomic mass is 16.5. The molecule has 0 bridgehead atoms. The van der Waals surface area contributed by atoms with Crippen molar-refractivity contribution in [2.24, 2.45) is 0 Å². The van der Waals surface area contributed by atoms with Crippen LogP contribution in [0.15, 0.2) is 24.3 Å². The van der Waals surface area contributed by atoms with Gasteiger partial charge in [-0.3, -0.25) is 5.32 Å². The molecule has 1 N–H and O–H groups in total. The number of nitriles is 1. The van der Waals surface area contributed by atoms with Crippen LogP contribution < -0.4 is 10.1 Å². The van der Waals surface area contributed by atoms with E-state index in [1.807, 2.05) is 38.1 Å². The average molecular weight is 272 g/mol. The second-order valence-corrected chi connectivity index (χ2v) is 5.80. The molecular weight excluding hydrogens is 248 g/mol. The zero-order valence-electron chi connectivity index (χ0n) is 12.4. The summed E-state index contributed by atoms with van der Waals surface area (Å²) in [6, 6.07) is 10.5. The van der Waals surface area contributed by atoms with Gasteiger partial charge in [0, 0.05) is 6.04 Å². The van der Waals surface area contributed by atoms with Gasteiger partial charge in [0.1, 0.15) is 11.8 Å². The van der Waals surface area contributed by atoms with Gasteiger partial charge < -0.3 is 4.74 Å². The third-order valence-electron chi connectivity index (χ3n) is 3.70. The molecule has 1 aromatic rings. The van der Waals surface area contributed by atoms with Crippen LogP contribution in [0.25, 0.3) is 0 Å². The predicted molar refractivity (Wildman–Crippen MR) is 80.6 cm³/mol. The molecule has 0 radical (unpaired) electrons. The van der Waals surface area contributed by atoms with E-state index in [0.717, 1.165) is 11.3 Å². The first-order valence-corrected chi connectivity index (χ1v) is 7.61. The lowest BCUT2D eigenvalue weighted by atomic mass is 9.94. The van der Waals surface area contributed by atoms with Gasteiger partial charge >= 0.3 is 0 Å². The Bertz CT molecular complexity index is 458. The minimum Gasteiger partial charge on any atom is -0.491 e. The molecule has 0 aromatic heterocycles. The minimum atomic E-state index is -0.242. The molecule has 2 rings (SSSR count). The first-order chi connectivity index (χ1) is 9.69. The quantitative estimate of drug-likeness (QED) is 0.882. The van der Waals surface area contributed by atoms with Crippen LogP contribution in [0, 0.1) is 11.3 Å². The fraction of sp³-hybridized carbons (Fsp3) is 0.588. The van der Waals surface area contributed by atoms with Gasteiger partial charge in [-0.2, -0.15) is 5.26 Å². The third-order valence-corrected chi connectivity index (χ3v) is 3.70. The lowest BCUT2D eigenvalue weighted by molar-refractivity contribution is 0.242. The van der Waals surface area contributed by atoms with Gasteiger partial charge in [0.25, 0.3) is 0 Å². The normalized spacial score (nSPS) is 17.7. The van der Waals surface area contributed by atoms with Gasteiger partial charge in [0.05, 0.1) is 12.2 Å². The van der Waals surface area contributed by atoms with Crippen molar-refractivity contribution in [1.29, 1.82) is 5.26 Å². The van der Waals surface area contributed by atoms with E-state index in [2.05, 4.69) is 11.4 Å². The number of hydrogen-bond donors (Lipinski definition) is 1. The van der Waals surface area contributed by atoms with Crippen LogP contribution in [-0.2, 0) is 0 Å². The molecule has 1 aliphatic rings. The monoisotopic (exact) mass is 272 g/mol. The van der Waals surface area contributed by atoms with Crippen molar-refractivity contribution >= 4 is 0 Å². The summed E-state index contributed by atoms with van der Waals surface area (Å²) in [6.45, 7) is 4.02. The van der Waals surface area contributed by atoms with Crippen molar-refractivity contribution in [3.8, 4) is 11.8 Å². The van der Waals surface area contributed by atoms with Crippen molar-refractivity contribution in [2.75, 3.05) is 0 Å². The van der Waals surface area contributed by atoms with E-state index in [9.17, 15) is 5.26 Å². The summed E-state index contributed by atoms with van der Waals surface area (Å²) < 4.78 is 5.70. The number of nitrogens with one attached hydrogen (secondary N) is 1. The SMILES string of the molecule is CC(C)Oc1cccc(C(C#N)NC2CCCCC2)c1. The predicted octanol–water partition coefficient (Wildman–Crippen LogP) is 3.96. The van der Waals surface area contributed by atoms with Gasteiger partial charge in [-0.25, -0.2) is 0 Å². The van der Waals surface area contributed by atoms with Gasteiger partial charge in [-0.15, -0.1) is 0 Å². The summed E-state index contributed by atoms with van der Waals surface area (Å²) in [5.74, 6) is 0.836. The summed E-state index contributed by atoms with van der Waals surface area (Å²) in [5, 5.41) is 12.9. The van der Waals surface area contributed by atoms with Gasteiger partial charge in [-0.1, -0.05) is 31.4 Å². The van der Waals surface area contributed by atoms with Gasteiger partial charge in [0.2, 0.25) is 0 Å². The van der Waals surface area contributed by atoms with Crippen LogP contribution in [0.4, 0.5) is 0 Å². The maximum atomic E-state index is 9.43. The Hall–Kier alpha value is -1.53. The standard InChI is InChI=1S/C17H24N2O/c1-13(2)20-16-10-6-7-14(11-16)17(12-18)19-15-8-4-3-5-9-15/h6-7,10-11,13,15,17,19H,3-5,8-9H2,1-2H3. The smallest absolute Gasteiger partial charge is 0.121 e. The third kappa shape index (κ3) is 4.25. The molecule has 0 spiro atoms. The molecule has 1 aliphatic carbocycles. The highest BCUT2D eigenvalue weighted by Gasteiger charge is 2.19. The topological polar surface area (TPSA) is 45.0 Å². The molecule has 1 unspecified atom stereocenters. The summed E-state index contributed by atoms with van der Waals surface area (Å²) in [5.41, 5.74) is 0.997. The molecule has 0 aliphatic heterocycles. The Morgan fingerprint density at radius 1 is 1.25 bits per heavy atom. The van der Waals surface area contributed by atoms with E-state index in [0.29, 0.717) is 6.04 Å². The van der Waals surface area contributed by atoms with E-state index < -0.39 is 0 Å². The molecule has 0 amide bonds. The fourth-order valence-electron chi connectivity index (χ4n) is 2.75. The molecule has 108 valence electrons. The Labute approximate surface area is 121 Å². The molecule has 0 saturated heterocycles. The number of hydrogen-bond acceptors (Lipinski definition) is 3. The van der Waals surface area contributed by atoms with E-state index in [-0.39, 0.29) is 12.1 Å². The second kappa shape index (κ2) is 7.31. The minimum absolute atomic E-state index is 0.150. The van der Waals surface area contributed by atoms with E-state index in [4.69, 9.17) is 4.74 Å².